The summed E-state index contributed by atoms with van der Waals surface area (Å²) >= 11 is 5.96. The lowest BCUT2D eigenvalue weighted by Crippen LogP contribution is -2.57. The number of nitrogens with zero attached hydrogens (tertiary/aromatic N) is 2. The SMILES string of the molecule is CC1(CN2CCN(c3ccc(Cl)cc3)CC2)CCCCN1. The Hall–Kier alpha value is -0.770. The van der Waals surface area contributed by atoms with Crippen LogP contribution in [0.2, 0.25) is 5.02 Å². The highest BCUT2D eigenvalue weighted by atomic mass is 35.5. The summed E-state index contributed by atoms with van der Waals surface area (Å²) in [6.45, 7) is 9.27. The molecule has 0 spiro atoms. The van der Waals surface area contributed by atoms with Crippen molar-refractivity contribution in [2.24, 2.45) is 0 Å². The van der Waals surface area contributed by atoms with Gasteiger partial charge in [0, 0.05) is 49.0 Å². The van der Waals surface area contributed by atoms with E-state index < -0.39 is 0 Å². The monoisotopic (exact) mass is 307 g/mol. The summed E-state index contributed by atoms with van der Waals surface area (Å²) in [6, 6.07) is 8.22. The van der Waals surface area contributed by atoms with Gasteiger partial charge in [-0.15, -0.1) is 0 Å². The zero-order valence-corrected chi connectivity index (χ0v) is 13.7. The van der Waals surface area contributed by atoms with E-state index in [2.05, 4.69) is 34.2 Å². The van der Waals surface area contributed by atoms with Gasteiger partial charge in [-0.3, -0.25) is 4.90 Å². The van der Waals surface area contributed by atoms with Crippen LogP contribution in [0.5, 0.6) is 0 Å². The molecule has 4 heteroatoms. The third kappa shape index (κ3) is 3.91. The predicted octanol–water partition coefficient (Wildman–Crippen LogP) is 2.99. The number of nitrogens with one attached hydrogen (secondary N) is 1. The second-order valence-corrected chi connectivity index (χ2v) is 7.12. The topological polar surface area (TPSA) is 18.5 Å². The van der Waals surface area contributed by atoms with Crippen LogP contribution in [-0.4, -0.2) is 49.7 Å². The Balaban J connectivity index is 1.51. The van der Waals surface area contributed by atoms with E-state index in [1.807, 2.05) is 12.1 Å². The van der Waals surface area contributed by atoms with Crippen LogP contribution in [0.4, 0.5) is 5.69 Å². The van der Waals surface area contributed by atoms with Crippen LogP contribution in [0.25, 0.3) is 0 Å². The minimum atomic E-state index is 0.320. The van der Waals surface area contributed by atoms with Gasteiger partial charge in [0.05, 0.1) is 0 Å². The maximum Gasteiger partial charge on any atom is 0.0407 e. The van der Waals surface area contributed by atoms with Crippen LogP contribution in [0.3, 0.4) is 0 Å². The molecule has 0 saturated carbocycles. The molecule has 1 aromatic carbocycles. The van der Waals surface area contributed by atoms with E-state index in [4.69, 9.17) is 11.6 Å². The lowest BCUT2D eigenvalue weighted by molar-refractivity contribution is 0.157. The van der Waals surface area contributed by atoms with Gasteiger partial charge < -0.3 is 10.2 Å². The molecule has 1 N–H and O–H groups in total. The van der Waals surface area contributed by atoms with Gasteiger partial charge >= 0.3 is 0 Å². The fourth-order valence-corrected chi connectivity index (χ4v) is 3.69. The van der Waals surface area contributed by atoms with E-state index in [9.17, 15) is 0 Å². The maximum atomic E-state index is 5.96. The van der Waals surface area contributed by atoms with Crippen LogP contribution in [-0.2, 0) is 0 Å². The third-order valence-electron chi connectivity index (χ3n) is 4.84. The van der Waals surface area contributed by atoms with E-state index in [1.54, 1.807) is 0 Å². The molecule has 3 nitrogen and oxygen atoms in total. The fourth-order valence-electron chi connectivity index (χ4n) is 3.56. The average molecular weight is 308 g/mol. The molecule has 2 fully saturated rings. The van der Waals surface area contributed by atoms with Crippen molar-refractivity contribution in [3.8, 4) is 0 Å². The quantitative estimate of drug-likeness (QED) is 0.926. The molecule has 2 saturated heterocycles. The number of piperazine rings is 1. The summed E-state index contributed by atoms with van der Waals surface area (Å²) in [5.74, 6) is 0. The molecule has 0 aliphatic carbocycles. The molecule has 116 valence electrons. The van der Waals surface area contributed by atoms with E-state index in [-0.39, 0.29) is 0 Å². The Bertz CT molecular complexity index is 446. The Morgan fingerprint density at radius 2 is 1.81 bits per heavy atom. The van der Waals surface area contributed by atoms with Gasteiger partial charge in [0.1, 0.15) is 0 Å². The second kappa shape index (κ2) is 6.55. The number of hydrogen-bond acceptors (Lipinski definition) is 3. The Kier molecular flexibility index (Phi) is 4.72. The lowest BCUT2D eigenvalue weighted by Gasteiger charge is -2.43. The molecule has 21 heavy (non-hydrogen) atoms. The minimum absolute atomic E-state index is 0.320. The average Bonchev–Trinajstić information content (AvgIpc) is 2.49. The molecule has 2 aliphatic heterocycles. The van der Waals surface area contributed by atoms with Crippen molar-refractivity contribution in [2.45, 2.75) is 31.7 Å². The Morgan fingerprint density at radius 1 is 1.10 bits per heavy atom. The fraction of sp³-hybridized carbons (Fsp3) is 0.647. The van der Waals surface area contributed by atoms with Crippen molar-refractivity contribution in [1.29, 1.82) is 0 Å². The number of benzene rings is 1. The molecule has 1 unspecified atom stereocenters. The second-order valence-electron chi connectivity index (χ2n) is 6.68. The van der Waals surface area contributed by atoms with E-state index >= 15 is 0 Å². The van der Waals surface area contributed by atoms with Crippen molar-refractivity contribution >= 4 is 17.3 Å². The van der Waals surface area contributed by atoms with Gasteiger partial charge in [-0.2, -0.15) is 0 Å². The van der Waals surface area contributed by atoms with Crippen molar-refractivity contribution in [2.75, 3.05) is 44.2 Å². The van der Waals surface area contributed by atoms with Crippen LogP contribution < -0.4 is 10.2 Å². The molecule has 1 atom stereocenters. The highest BCUT2D eigenvalue weighted by molar-refractivity contribution is 6.30. The molecule has 0 amide bonds. The molecule has 0 bridgehead atoms. The zero-order chi connectivity index (χ0) is 14.7. The number of halogens is 1. The van der Waals surface area contributed by atoms with Crippen molar-refractivity contribution in [3.05, 3.63) is 29.3 Å². The summed E-state index contributed by atoms with van der Waals surface area (Å²) in [7, 11) is 0. The molecule has 0 radical (unpaired) electrons. The standard InChI is InChI=1S/C17H26ClN3/c1-17(8-2-3-9-19-17)14-20-10-12-21(13-11-20)16-6-4-15(18)5-7-16/h4-7,19H,2-3,8-14H2,1H3. The van der Waals surface area contributed by atoms with Gasteiger partial charge in [-0.05, 0) is 50.6 Å². The van der Waals surface area contributed by atoms with Gasteiger partial charge in [0.25, 0.3) is 0 Å². The van der Waals surface area contributed by atoms with Crippen LogP contribution >= 0.6 is 11.6 Å². The van der Waals surface area contributed by atoms with E-state index in [0.717, 1.165) is 31.2 Å². The summed E-state index contributed by atoms with van der Waals surface area (Å²) < 4.78 is 0. The van der Waals surface area contributed by atoms with Gasteiger partial charge in [0.15, 0.2) is 0 Å². The zero-order valence-electron chi connectivity index (χ0n) is 12.9. The summed E-state index contributed by atoms with van der Waals surface area (Å²) in [6.07, 6.45) is 4.01. The molecular formula is C17H26ClN3. The highest BCUT2D eigenvalue weighted by Gasteiger charge is 2.29. The number of piperidine rings is 1. The third-order valence-corrected chi connectivity index (χ3v) is 5.10. The number of hydrogen-bond donors (Lipinski definition) is 1. The van der Waals surface area contributed by atoms with Crippen LogP contribution in [0, 0.1) is 0 Å². The molecule has 2 heterocycles. The minimum Gasteiger partial charge on any atom is -0.369 e. The first-order valence-electron chi connectivity index (χ1n) is 8.13. The first-order valence-corrected chi connectivity index (χ1v) is 8.50. The molecule has 1 aromatic rings. The first-order chi connectivity index (χ1) is 10.1. The first kappa shape index (κ1) is 15.1. The van der Waals surface area contributed by atoms with Crippen molar-refractivity contribution < 1.29 is 0 Å². The van der Waals surface area contributed by atoms with Crippen molar-refractivity contribution in [1.82, 2.24) is 10.2 Å². The summed E-state index contributed by atoms with van der Waals surface area (Å²) in [4.78, 5) is 5.08. The summed E-state index contributed by atoms with van der Waals surface area (Å²) in [5, 5.41) is 4.54. The lowest BCUT2D eigenvalue weighted by atomic mass is 9.90. The smallest absolute Gasteiger partial charge is 0.0407 e. The van der Waals surface area contributed by atoms with E-state index in [1.165, 1.54) is 38.0 Å². The molecule has 3 rings (SSSR count). The normalized spacial score (nSPS) is 27.8. The van der Waals surface area contributed by atoms with Gasteiger partial charge in [-0.1, -0.05) is 18.0 Å². The Morgan fingerprint density at radius 3 is 2.43 bits per heavy atom. The van der Waals surface area contributed by atoms with E-state index in [0.29, 0.717) is 5.54 Å². The van der Waals surface area contributed by atoms with Gasteiger partial charge in [-0.25, -0.2) is 0 Å². The molecular weight excluding hydrogens is 282 g/mol. The molecule has 2 aliphatic rings. The van der Waals surface area contributed by atoms with Crippen LogP contribution in [0.1, 0.15) is 26.2 Å². The van der Waals surface area contributed by atoms with Crippen molar-refractivity contribution in [3.63, 3.8) is 0 Å². The largest absolute Gasteiger partial charge is 0.369 e. The highest BCUT2D eigenvalue weighted by Crippen LogP contribution is 2.23. The summed E-state index contributed by atoms with van der Waals surface area (Å²) in [5.41, 5.74) is 1.61. The predicted molar refractivity (Wildman–Crippen MR) is 90.4 cm³/mol. The molecule has 0 aromatic heterocycles. The Labute approximate surface area is 133 Å². The van der Waals surface area contributed by atoms with Crippen LogP contribution in [0.15, 0.2) is 24.3 Å². The number of rotatable bonds is 3. The maximum absolute atomic E-state index is 5.96. The number of anilines is 1. The van der Waals surface area contributed by atoms with Gasteiger partial charge in [0.2, 0.25) is 0 Å².